The average molecular weight is 291 g/mol. The quantitative estimate of drug-likeness (QED) is 0.811. The summed E-state index contributed by atoms with van der Waals surface area (Å²) in [6, 6.07) is 6.14. The van der Waals surface area contributed by atoms with E-state index in [1.54, 1.807) is 0 Å². The van der Waals surface area contributed by atoms with Crippen molar-refractivity contribution in [1.82, 2.24) is 5.32 Å². The van der Waals surface area contributed by atoms with Gasteiger partial charge in [-0.1, -0.05) is 19.4 Å². The Morgan fingerprint density at radius 2 is 1.95 bits per heavy atom. The first-order valence-corrected chi connectivity index (χ1v) is 7.70. The van der Waals surface area contributed by atoms with Gasteiger partial charge in [-0.05, 0) is 44.9 Å². The second kappa shape index (κ2) is 7.91. The third kappa shape index (κ3) is 5.29. The van der Waals surface area contributed by atoms with E-state index < -0.39 is 0 Å². The summed E-state index contributed by atoms with van der Waals surface area (Å²) in [5, 5.41) is 6.31. The van der Waals surface area contributed by atoms with E-state index in [-0.39, 0.29) is 18.0 Å². The maximum Gasteiger partial charge on any atom is 0.242 e. The van der Waals surface area contributed by atoms with E-state index in [0.717, 1.165) is 24.2 Å². The van der Waals surface area contributed by atoms with Gasteiger partial charge in [-0.2, -0.15) is 0 Å². The Hall–Kier alpha value is -1.71. The molecule has 0 aromatic heterocycles. The van der Waals surface area contributed by atoms with Crippen molar-refractivity contribution in [3.05, 3.63) is 23.8 Å². The summed E-state index contributed by atoms with van der Waals surface area (Å²) in [6.45, 7) is 8.15. The van der Waals surface area contributed by atoms with E-state index in [0.29, 0.717) is 0 Å². The van der Waals surface area contributed by atoms with Gasteiger partial charge in [-0.15, -0.1) is 0 Å². The largest absolute Gasteiger partial charge is 0.377 e. The molecule has 4 heteroatoms. The molecule has 0 saturated carbocycles. The molecule has 2 unspecified atom stereocenters. The van der Waals surface area contributed by atoms with Crippen LogP contribution < -0.4 is 15.5 Å². The van der Waals surface area contributed by atoms with Gasteiger partial charge in [0.1, 0.15) is 6.04 Å². The van der Waals surface area contributed by atoms with Crippen LogP contribution in [-0.2, 0) is 4.79 Å². The number of anilines is 2. The fourth-order valence-corrected chi connectivity index (χ4v) is 2.37. The lowest BCUT2D eigenvalue weighted by atomic mass is 10.1. The van der Waals surface area contributed by atoms with Crippen LogP contribution in [0.2, 0.25) is 0 Å². The highest BCUT2D eigenvalue weighted by molar-refractivity contribution is 5.84. The molecular weight excluding hydrogens is 262 g/mol. The number of hydrogen-bond acceptors (Lipinski definition) is 3. The molecule has 1 rings (SSSR count). The third-order valence-electron chi connectivity index (χ3n) is 3.58. The maximum absolute atomic E-state index is 12.1. The van der Waals surface area contributed by atoms with Gasteiger partial charge in [-0.3, -0.25) is 4.79 Å². The molecule has 21 heavy (non-hydrogen) atoms. The third-order valence-corrected chi connectivity index (χ3v) is 3.58. The lowest BCUT2D eigenvalue weighted by Gasteiger charge is -2.21. The van der Waals surface area contributed by atoms with Gasteiger partial charge < -0.3 is 15.5 Å². The fourth-order valence-electron chi connectivity index (χ4n) is 2.37. The van der Waals surface area contributed by atoms with Gasteiger partial charge in [0.25, 0.3) is 0 Å². The number of rotatable bonds is 7. The van der Waals surface area contributed by atoms with Crippen molar-refractivity contribution < 1.29 is 4.79 Å². The Morgan fingerprint density at radius 3 is 2.52 bits per heavy atom. The van der Waals surface area contributed by atoms with Crippen molar-refractivity contribution in [3.63, 3.8) is 0 Å². The molecule has 0 aliphatic carbocycles. The second-order valence-corrected chi connectivity index (χ2v) is 5.96. The zero-order chi connectivity index (χ0) is 16.0. The molecule has 2 atom stereocenters. The maximum atomic E-state index is 12.1. The first kappa shape index (κ1) is 17.3. The molecule has 0 bridgehead atoms. The number of carbonyl (C=O) groups excluding carboxylic acids is 1. The van der Waals surface area contributed by atoms with Gasteiger partial charge in [0.2, 0.25) is 5.91 Å². The van der Waals surface area contributed by atoms with Crippen molar-refractivity contribution in [2.24, 2.45) is 0 Å². The van der Waals surface area contributed by atoms with Crippen LogP contribution in [0.15, 0.2) is 18.2 Å². The first-order chi connectivity index (χ1) is 9.85. The zero-order valence-electron chi connectivity index (χ0n) is 14.2. The highest BCUT2D eigenvalue weighted by Gasteiger charge is 2.15. The zero-order valence-corrected chi connectivity index (χ0v) is 14.2. The number of carbonyl (C=O) groups is 1. The summed E-state index contributed by atoms with van der Waals surface area (Å²) in [4.78, 5) is 14.2. The minimum atomic E-state index is -0.248. The number of aryl methyl sites for hydroxylation is 1. The predicted octanol–water partition coefficient (Wildman–Crippen LogP) is 3.17. The van der Waals surface area contributed by atoms with E-state index >= 15 is 0 Å². The van der Waals surface area contributed by atoms with Crippen molar-refractivity contribution in [2.75, 3.05) is 24.3 Å². The molecule has 1 amide bonds. The number of nitrogens with zero attached hydrogens (tertiary/aromatic N) is 1. The Bertz CT molecular complexity index is 471. The van der Waals surface area contributed by atoms with Gasteiger partial charge >= 0.3 is 0 Å². The molecule has 4 nitrogen and oxygen atoms in total. The molecule has 0 spiro atoms. The standard InChI is InChI=1S/C17H29N3O/c1-7-8-13(3)18-17(21)14(4)19-15-10-9-12(2)16(11-15)20(5)6/h9-11,13-14,19H,7-8H2,1-6H3,(H,18,21). The van der Waals surface area contributed by atoms with Crippen LogP contribution in [-0.4, -0.2) is 32.1 Å². The fraction of sp³-hybridized carbons (Fsp3) is 0.588. The number of benzene rings is 1. The van der Waals surface area contributed by atoms with Crippen molar-refractivity contribution in [3.8, 4) is 0 Å². The van der Waals surface area contributed by atoms with Crippen molar-refractivity contribution in [2.45, 2.75) is 52.6 Å². The minimum Gasteiger partial charge on any atom is -0.377 e. The molecule has 0 aliphatic rings. The molecule has 0 aliphatic heterocycles. The predicted molar refractivity (Wildman–Crippen MR) is 91.1 cm³/mol. The van der Waals surface area contributed by atoms with Crippen LogP contribution in [0.25, 0.3) is 0 Å². The van der Waals surface area contributed by atoms with E-state index in [9.17, 15) is 4.79 Å². The second-order valence-electron chi connectivity index (χ2n) is 5.96. The molecule has 2 N–H and O–H groups in total. The summed E-state index contributed by atoms with van der Waals surface area (Å²) in [5.41, 5.74) is 3.35. The van der Waals surface area contributed by atoms with Crippen LogP contribution in [0, 0.1) is 6.92 Å². The minimum absolute atomic E-state index is 0.0444. The summed E-state index contributed by atoms with van der Waals surface area (Å²) < 4.78 is 0. The van der Waals surface area contributed by atoms with Crippen molar-refractivity contribution in [1.29, 1.82) is 0 Å². The van der Waals surface area contributed by atoms with Gasteiger partial charge in [0.05, 0.1) is 0 Å². The van der Waals surface area contributed by atoms with Crippen LogP contribution >= 0.6 is 0 Å². The monoisotopic (exact) mass is 291 g/mol. The van der Waals surface area contributed by atoms with E-state index in [2.05, 4.69) is 41.5 Å². The molecular formula is C17H29N3O. The summed E-state index contributed by atoms with van der Waals surface area (Å²) in [5.74, 6) is 0.0444. The summed E-state index contributed by atoms with van der Waals surface area (Å²) in [6.07, 6.45) is 2.08. The smallest absolute Gasteiger partial charge is 0.242 e. The van der Waals surface area contributed by atoms with Crippen LogP contribution in [0.4, 0.5) is 11.4 Å². The molecule has 118 valence electrons. The summed E-state index contributed by atoms with van der Waals surface area (Å²) >= 11 is 0. The number of nitrogens with one attached hydrogen (secondary N) is 2. The Kier molecular flexibility index (Phi) is 6.53. The van der Waals surface area contributed by atoms with Gasteiger partial charge in [0.15, 0.2) is 0 Å². The Labute approximate surface area is 128 Å². The Balaban J connectivity index is 2.68. The summed E-state index contributed by atoms with van der Waals surface area (Å²) in [7, 11) is 4.04. The lowest BCUT2D eigenvalue weighted by molar-refractivity contribution is -0.122. The van der Waals surface area contributed by atoms with Gasteiger partial charge in [0, 0.05) is 31.5 Å². The Morgan fingerprint density at radius 1 is 1.29 bits per heavy atom. The van der Waals surface area contributed by atoms with Gasteiger partial charge in [-0.25, -0.2) is 0 Å². The van der Waals surface area contributed by atoms with Crippen molar-refractivity contribution >= 4 is 17.3 Å². The number of amides is 1. The highest BCUT2D eigenvalue weighted by Crippen LogP contribution is 2.22. The van der Waals surface area contributed by atoms with E-state index in [4.69, 9.17) is 0 Å². The molecule has 0 radical (unpaired) electrons. The molecule has 0 saturated heterocycles. The first-order valence-electron chi connectivity index (χ1n) is 7.70. The highest BCUT2D eigenvalue weighted by atomic mass is 16.2. The van der Waals surface area contributed by atoms with Crippen LogP contribution in [0.3, 0.4) is 0 Å². The van der Waals surface area contributed by atoms with Crippen LogP contribution in [0.5, 0.6) is 0 Å². The topological polar surface area (TPSA) is 44.4 Å². The van der Waals surface area contributed by atoms with Crippen LogP contribution in [0.1, 0.15) is 39.2 Å². The van der Waals surface area contributed by atoms with E-state index in [1.165, 1.54) is 5.56 Å². The molecule has 0 heterocycles. The SMILES string of the molecule is CCCC(C)NC(=O)C(C)Nc1ccc(C)c(N(C)C)c1. The normalized spacial score (nSPS) is 13.4. The number of hydrogen-bond donors (Lipinski definition) is 2. The molecule has 1 aromatic carbocycles. The van der Waals surface area contributed by atoms with E-state index in [1.807, 2.05) is 34.0 Å². The lowest BCUT2D eigenvalue weighted by Crippen LogP contribution is -2.42. The molecule has 0 fully saturated rings. The average Bonchev–Trinajstić information content (AvgIpc) is 2.40. The molecule has 1 aromatic rings.